The zero-order chi connectivity index (χ0) is 8.97. The SMILES string of the molecule is CCO[Si]c1cc(C)cc(C)c1. The minimum absolute atomic E-state index is 0.497. The molecule has 1 rings (SSSR count). The predicted molar refractivity (Wildman–Crippen MR) is 52.9 cm³/mol. The number of benzene rings is 1. The highest BCUT2D eigenvalue weighted by Gasteiger charge is 1.97. The van der Waals surface area contributed by atoms with Crippen molar-refractivity contribution in [3.05, 3.63) is 29.3 Å². The Kier molecular flexibility index (Phi) is 3.50. The molecule has 2 heteroatoms. The van der Waals surface area contributed by atoms with Gasteiger partial charge in [-0.2, -0.15) is 0 Å². The first-order valence-corrected chi connectivity index (χ1v) is 5.09. The smallest absolute Gasteiger partial charge is 0.268 e. The maximum atomic E-state index is 5.36. The summed E-state index contributed by atoms with van der Waals surface area (Å²) in [6.07, 6.45) is 0. The van der Waals surface area contributed by atoms with Crippen LogP contribution in [-0.4, -0.2) is 16.4 Å². The number of hydrogen-bond acceptors (Lipinski definition) is 1. The van der Waals surface area contributed by atoms with Gasteiger partial charge >= 0.3 is 0 Å². The predicted octanol–water partition coefficient (Wildman–Crippen LogP) is 1.58. The molecule has 0 aromatic heterocycles. The summed E-state index contributed by atoms with van der Waals surface area (Å²) in [7, 11) is 0.497. The molecule has 0 bridgehead atoms. The highest BCUT2D eigenvalue weighted by Crippen LogP contribution is 1.99. The molecule has 0 heterocycles. The molecule has 0 spiro atoms. The van der Waals surface area contributed by atoms with Crippen molar-refractivity contribution in [1.29, 1.82) is 0 Å². The second-order valence-electron chi connectivity index (χ2n) is 2.91. The Morgan fingerprint density at radius 2 is 1.75 bits per heavy atom. The van der Waals surface area contributed by atoms with Gasteiger partial charge in [-0.15, -0.1) is 0 Å². The van der Waals surface area contributed by atoms with Crippen LogP contribution >= 0.6 is 0 Å². The quantitative estimate of drug-likeness (QED) is 0.639. The maximum Gasteiger partial charge on any atom is 0.268 e. The highest BCUT2D eigenvalue weighted by molar-refractivity contribution is 6.46. The van der Waals surface area contributed by atoms with Gasteiger partial charge in [0.05, 0.1) is 0 Å². The average Bonchev–Trinajstić information content (AvgIpc) is 1.99. The Morgan fingerprint density at radius 3 is 2.25 bits per heavy atom. The first-order chi connectivity index (χ1) is 5.72. The van der Waals surface area contributed by atoms with Crippen molar-refractivity contribution in [2.45, 2.75) is 20.8 Å². The largest absolute Gasteiger partial charge is 0.412 e. The van der Waals surface area contributed by atoms with E-state index in [1.54, 1.807) is 0 Å². The van der Waals surface area contributed by atoms with Crippen molar-refractivity contribution in [3.63, 3.8) is 0 Å². The summed E-state index contributed by atoms with van der Waals surface area (Å²) in [4.78, 5) is 0. The molecule has 0 unspecified atom stereocenters. The standard InChI is InChI=1S/C10H14OSi/c1-4-11-12-10-6-8(2)5-9(3)7-10/h5-7H,4H2,1-3H3. The molecule has 12 heavy (non-hydrogen) atoms. The summed E-state index contributed by atoms with van der Waals surface area (Å²) >= 11 is 0. The third-order valence-electron chi connectivity index (χ3n) is 1.56. The lowest BCUT2D eigenvalue weighted by molar-refractivity contribution is 0.367. The first-order valence-electron chi connectivity index (χ1n) is 4.18. The minimum atomic E-state index is 0.497. The van der Waals surface area contributed by atoms with E-state index >= 15 is 0 Å². The van der Waals surface area contributed by atoms with Crippen molar-refractivity contribution in [2.24, 2.45) is 0 Å². The summed E-state index contributed by atoms with van der Waals surface area (Å²) in [6, 6.07) is 6.54. The normalized spacial score (nSPS) is 10.2. The van der Waals surface area contributed by atoms with Crippen LogP contribution in [0.4, 0.5) is 0 Å². The van der Waals surface area contributed by atoms with Crippen molar-refractivity contribution in [3.8, 4) is 0 Å². The minimum Gasteiger partial charge on any atom is -0.412 e. The van der Waals surface area contributed by atoms with Gasteiger partial charge in [0.2, 0.25) is 0 Å². The van der Waals surface area contributed by atoms with Crippen molar-refractivity contribution >= 4 is 14.9 Å². The van der Waals surface area contributed by atoms with E-state index in [-0.39, 0.29) is 0 Å². The van der Waals surface area contributed by atoms with Gasteiger partial charge < -0.3 is 4.43 Å². The molecular formula is C10H14OSi. The molecule has 0 amide bonds. The molecule has 0 aliphatic rings. The van der Waals surface area contributed by atoms with E-state index < -0.39 is 0 Å². The Labute approximate surface area is 76.7 Å². The molecule has 1 aromatic rings. The van der Waals surface area contributed by atoms with E-state index in [4.69, 9.17) is 4.43 Å². The lowest BCUT2D eigenvalue weighted by atomic mass is 10.2. The third kappa shape index (κ3) is 2.79. The zero-order valence-electron chi connectivity index (χ0n) is 7.85. The van der Waals surface area contributed by atoms with Gasteiger partial charge in [-0.05, 0) is 26.0 Å². The Morgan fingerprint density at radius 1 is 1.17 bits per heavy atom. The summed E-state index contributed by atoms with van der Waals surface area (Å²) < 4.78 is 5.36. The monoisotopic (exact) mass is 178 g/mol. The van der Waals surface area contributed by atoms with E-state index in [0.29, 0.717) is 9.76 Å². The van der Waals surface area contributed by atoms with Crippen LogP contribution in [0.5, 0.6) is 0 Å². The van der Waals surface area contributed by atoms with E-state index in [1.165, 1.54) is 16.3 Å². The summed E-state index contributed by atoms with van der Waals surface area (Å²) in [5.41, 5.74) is 2.63. The van der Waals surface area contributed by atoms with Gasteiger partial charge in [0.25, 0.3) is 9.76 Å². The van der Waals surface area contributed by atoms with Crippen LogP contribution in [0.25, 0.3) is 0 Å². The van der Waals surface area contributed by atoms with E-state index in [9.17, 15) is 0 Å². The van der Waals surface area contributed by atoms with Crippen molar-refractivity contribution < 1.29 is 4.43 Å². The van der Waals surface area contributed by atoms with Crippen LogP contribution in [0, 0.1) is 13.8 Å². The number of hydrogen-bond donors (Lipinski definition) is 0. The summed E-state index contributed by atoms with van der Waals surface area (Å²) in [5, 5.41) is 1.30. The second kappa shape index (κ2) is 4.43. The number of rotatable bonds is 3. The van der Waals surface area contributed by atoms with E-state index in [0.717, 1.165) is 6.61 Å². The maximum absolute atomic E-state index is 5.36. The topological polar surface area (TPSA) is 9.23 Å². The molecular weight excluding hydrogens is 164 g/mol. The highest BCUT2D eigenvalue weighted by atomic mass is 28.2. The fourth-order valence-electron chi connectivity index (χ4n) is 1.19. The lowest BCUT2D eigenvalue weighted by Gasteiger charge is -2.02. The van der Waals surface area contributed by atoms with Gasteiger partial charge in [-0.1, -0.05) is 29.3 Å². The summed E-state index contributed by atoms with van der Waals surface area (Å²) in [5.74, 6) is 0. The van der Waals surface area contributed by atoms with Gasteiger partial charge in [-0.25, -0.2) is 0 Å². The molecule has 64 valence electrons. The molecule has 0 aliphatic carbocycles. The Balaban J connectivity index is 2.72. The fraction of sp³-hybridized carbons (Fsp3) is 0.400. The van der Waals surface area contributed by atoms with Crippen LogP contribution in [-0.2, 0) is 4.43 Å². The molecule has 0 atom stereocenters. The van der Waals surface area contributed by atoms with Crippen LogP contribution in [0.2, 0.25) is 0 Å². The van der Waals surface area contributed by atoms with E-state index in [1.807, 2.05) is 6.92 Å². The van der Waals surface area contributed by atoms with E-state index in [2.05, 4.69) is 32.0 Å². The first kappa shape index (κ1) is 9.48. The molecule has 0 N–H and O–H groups in total. The fourth-order valence-corrected chi connectivity index (χ4v) is 2.07. The Hall–Kier alpha value is -0.603. The zero-order valence-corrected chi connectivity index (χ0v) is 8.85. The molecule has 2 radical (unpaired) electrons. The van der Waals surface area contributed by atoms with Crippen LogP contribution < -0.4 is 5.19 Å². The Bertz CT molecular complexity index is 238. The molecule has 0 fully saturated rings. The van der Waals surface area contributed by atoms with Gasteiger partial charge in [0.15, 0.2) is 0 Å². The second-order valence-corrected chi connectivity index (χ2v) is 3.98. The lowest BCUT2D eigenvalue weighted by Crippen LogP contribution is -2.18. The molecule has 0 aliphatic heterocycles. The molecule has 1 aromatic carbocycles. The molecule has 0 saturated heterocycles. The van der Waals surface area contributed by atoms with Gasteiger partial charge in [0.1, 0.15) is 0 Å². The van der Waals surface area contributed by atoms with Crippen molar-refractivity contribution in [1.82, 2.24) is 0 Å². The average molecular weight is 178 g/mol. The molecule has 1 nitrogen and oxygen atoms in total. The number of aryl methyl sites for hydroxylation is 2. The third-order valence-corrected chi connectivity index (χ3v) is 2.51. The van der Waals surface area contributed by atoms with Crippen LogP contribution in [0.15, 0.2) is 18.2 Å². The van der Waals surface area contributed by atoms with Gasteiger partial charge in [0, 0.05) is 6.61 Å². The van der Waals surface area contributed by atoms with Crippen molar-refractivity contribution in [2.75, 3.05) is 6.61 Å². The van der Waals surface area contributed by atoms with Crippen LogP contribution in [0.3, 0.4) is 0 Å². The summed E-state index contributed by atoms with van der Waals surface area (Å²) in [6.45, 7) is 7.06. The van der Waals surface area contributed by atoms with Crippen LogP contribution in [0.1, 0.15) is 18.1 Å². The molecule has 0 saturated carbocycles. The van der Waals surface area contributed by atoms with Gasteiger partial charge in [-0.3, -0.25) is 0 Å².